The van der Waals surface area contributed by atoms with Gasteiger partial charge in [-0.3, -0.25) is 19.3 Å². The van der Waals surface area contributed by atoms with Gasteiger partial charge < -0.3 is 5.32 Å². The monoisotopic (exact) mass is 521 g/mol. The summed E-state index contributed by atoms with van der Waals surface area (Å²) in [5, 5.41) is 6.92. The molecular formula is C31H31N5O3. The van der Waals surface area contributed by atoms with Crippen LogP contribution in [0.1, 0.15) is 66.6 Å². The van der Waals surface area contributed by atoms with E-state index in [1.54, 1.807) is 60.7 Å². The molecular weight excluding hydrogens is 490 g/mol. The third-order valence-electron chi connectivity index (χ3n) is 6.81. The minimum absolute atomic E-state index is 0.0411. The van der Waals surface area contributed by atoms with Crippen molar-refractivity contribution < 1.29 is 14.4 Å². The molecule has 1 aliphatic carbocycles. The van der Waals surface area contributed by atoms with E-state index < -0.39 is 23.6 Å². The van der Waals surface area contributed by atoms with E-state index in [-0.39, 0.29) is 17.4 Å². The van der Waals surface area contributed by atoms with Gasteiger partial charge in [0.1, 0.15) is 6.04 Å². The molecule has 0 heterocycles. The molecule has 1 fully saturated rings. The lowest BCUT2D eigenvalue weighted by atomic mass is 9.94. The smallest absolute Gasteiger partial charge is 0.248 e. The fraction of sp³-hybridized carbons (Fsp3) is 0.258. The van der Waals surface area contributed by atoms with Crippen LogP contribution in [-0.4, -0.2) is 28.5 Å². The summed E-state index contributed by atoms with van der Waals surface area (Å²) in [7, 11) is 0. The first-order valence-corrected chi connectivity index (χ1v) is 13.1. The molecule has 0 aliphatic heterocycles. The van der Waals surface area contributed by atoms with Crippen molar-refractivity contribution in [3.63, 3.8) is 0 Å². The Labute approximate surface area is 228 Å². The van der Waals surface area contributed by atoms with E-state index in [1.807, 2.05) is 30.3 Å². The molecule has 1 atom stereocenters. The van der Waals surface area contributed by atoms with Crippen LogP contribution >= 0.6 is 0 Å². The Kier molecular flexibility index (Phi) is 9.27. The molecule has 1 N–H and O–H groups in total. The van der Waals surface area contributed by atoms with Crippen molar-refractivity contribution in [1.82, 2.24) is 10.2 Å². The summed E-state index contributed by atoms with van der Waals surface area (Å²) in [5.41, 5.74) is 10.9. The van der Waals surface area contributed by atoms with Crippen LogP contribution in [0.25, 0.3) is 16.5 Å². The molecule has 8 heteroatoms. The van der Waals surface area contributed by atoms with Gasteiger partial charge in [0.15, 0.2) is 0 Å². The summed E-state index contributed by atoms with van der Waals surface area (Å²) in [5.74, 6) is -1.34. The Morgan fingerprint density at radius 3 is 2.18 bits per heavy atom. The predicted octanol–water partition coefficient (Wildman–Crippen LogP) is 6.89. The van der Waals surface area contributed by atoms with Crippen LogP contribution in [0, 0.1) is 0 Å². The highest BCUT2D eigenvalue weighted by Crippen LogP contribution is 2.35. The SMILES string of the molecule is CC(=O)N(/C(=C\c1ccccc1)C(=O)c1ccccc1)C(C(=O)NC1CCCCC1)c1ccccc1N=[N+]=[N-]. The largest absolute Gasteiger partial charge is 0.351 e. The molecule has 0 aromatic heterocycles. The zero-order valence-corrected chi connectivity index (χ0v) is 21.9. The highest BCUT2D eigenvalue weighted by Gasteiger charge is 2.37. The van der Waals surface area contributed by atoms with Gasteiger partial charge in [-0.1, -0.05) is 109 Å². The fourth-order valence-corrected chi connectivity index (χ4v) is 4.96. The molecule has 1 aliphatic rings. The third-order valence-corrected chi connectivity index (χ3v) is 6.81. The summed E-state index contributed by atoms with van der Waals surface area (Å²) >= 11 is 0. The lowest BCUT2D eigenvalue weighted by Gasteiger charge is -2.34. The molecule has 1 saturated carbocycles. The minimum atomic E-state index is -1.24. The number of allylic oxidation sites excluding steroid dienone is 1. The lowest BCUT2D eigenvalue weighted by molar-refractivity contribution is -0.137. The van der Waals surface area contributed by atoms with Crippen LogP contribution in [0.5, 0.6) is 0 Å². The number of Topliss-reactive ketones (excluding diaryl/α,β-unsaturated/α-hetero) is 1. The second kappa shape index (κ2) is 13.2. The summed E-state index contributed by atoms with van der Waals surface area (Å²) in [6, 6.07) is 23.2. The van der Waals surface area contributed by atoms with E-state index in [0.29, 0.717) is 16.7 Å². The van der Waals surface area contributed by atoms with Crippen molar-refractivity contribution in [2.75, 3.05) is 0 Å². The third kappa shape index (κ3) is 6.80. The number of benzene rings is 3. The molecule has 39 heavy (non-hydrogen) atoms. The minimum Gasteiger partial charge on any atom is -0.351 e. The number of hydrogen-bond donors (Lipinski definition) is 1. The topological polar surface area (TPSA) is 115 Å². The molecule has 0 saturated heterocycles. The van der Waals surface area contributed by atoms with Crippen LogP contribution in [0.15, 0.2) is 95.7 Å². The molecule has 1 unspecified atom stereocenters. The van der Waals surface area contributed by atoms with Crippen molar-refractivity contribution in [3.8, 4) is 0 Å². The second-order valence-electron chi connectivity index (χ2n) is 9.52. The van der Waals surface area contributed by atoms with Crippen LogP contribution in [0.3, 0.4) is 0 Å². The highest BCUT2D eigenvalue weighted by atomic mass is 16.2. The first kappa shape index (κ1) is 27.4. The van der Waals surface area contributed by atoms with E-state index >= 15 is 0 Å². The van der Waals surface area contributed by atoms with Crippen LogP contribution in [0.4, 0.5) is 5.69 Å². The number of nitrogens with one attached hydrogen (secondary N) is 1. The maximum Gasteiger partial charge on any atom is 0.248 e. The molecule has 4 rings (SSSR count). The van der Waals surface area contributed by atoms with Gasteiger partial charge in [0, 0.05) is 29.1 Å². The van der Waals surface area contributed by atoms with Gasteiger partial charge in [-0.15, -0.1) is 0 Å². The predicted molar refractivity (Wildman–Crippen MR) is 151 cm³/mol. The Hall–Kier alpha value is -4.68. The molecule has 2 amide bonds. The normalized spacial score (nSPS) is 14.5. The number of carbonyl (C=O) groups excluding carboxylic acids is 3. The standard InChI is InChI=1S/C31H31N5O3/c1-22(37)36(28(21-23-13-5-2-6-14-23)30(38)24-15-7-3-8-16-24)29(26-19-11-12-20-27(26)34-35-32)31(39)33-25-17-9-4-10-18-25/h2-3,5-8,11-16,19-21,25,29H,4,9-10,17-18H2,1H3,(H,33,39)/b28-21-. The van der Waals surface area contributed by atoms with Gasteiger partial charge in [-0.25, -0.2) is 0 Å². The van der Waals surface area contributed by atoms with Crippen molar-refractivity contribution in [2.24, 2.45) is 5.11 Å². The van der Waals surface area contributed by atoms with E-state index in [0.717, 1.165) is 32.1 Å². The number of ketones is 1. The number of amides is 2. The Morgan fingerprint density at radius 1 is 0.923 bits per heavy atom. The molecule has 0 spiro atoms. The van der Waals surface area contributed by atoms with Gasteiger partial charge in [0.25, 0.3) is 0 Å². The second-order valence-corrected chi connectivity index (χ2v) is 9.52. The zero-order valence-electron chi connectivity index (χ0n) is 21.9. The lowest BCUT2D eigenvalue weighted by Crippen LogP contribution is -2.47. The zero-order chi connectivity index (χ0) is 27.6. The number of nitrogens with zero attached hydrogens (tertiary/aromatic N) is 4. The molecule has 3 aromatic rings. The first-order chi connectivity index (χ1) is 19.0. The molecule has 0 bridgehead atoms. The molecule has 8 nitrogen and oxygen atoms in total. The first-order valence-electron chi connectivity index (χ1n) is 13.1. The fourth-order valence-electron chi connectivity index (χ4n) is 4.96. The number of rotatable bonds is 9. The highest BCUT2D eigenvalue weighted by molar-refractivity contribution is 6.13. The maximum atomic E-state index is 14.1. The number of azide groups is 1. The van der Waals surface area contributed by atoms with Crippen LogP contribution < -0.4 is 5.32 Å². The van der Waals surface area contributed by atoms with Crippen LogP contribution in [0.2, 0.25) is 0 Å². The quantitative estimate of drug-likeness (QED) is 0.109. The van der Waals surface area contributed by atoms with E-state index in [1.165, 1.54) is 11.8 Å². The van der Waals surface area contributed by atoms with E-state index in [4.69, 9.17) is 0 Å². The van der Waals surface area contributed by atoms with Gasteiger partial charge in [0.05, 0.1) is 5.70 Å². The van der Waals surface area contributed by atoms with E-state index in [2.05, 4.69) is 15.3 Å². The van der Waals surface area contributed by atoms with Gasteiger partial charge >= 0.3 is 0 Å². The van der Waals surface area contributed by atoms with Gasteiger partial charge in [-0.05, 0) is 35.6 Å². The van der Waals surface area contributed by atoms with Gasteiger partial charge in [0.2, 0.25) is 17.6 Å². The van der Waals surface area contributed by atoms with Crippen LogP contribution in [-0.2, 0) is 9.59 Å². The van der Waals surface area contributed by atoms with Gasteiger partial charge in [-0.2, -0.15) is 0 Å². The Morgan fingerprint density at radius 2 is 1.54 bits per heavy atom. The molecule has 0 radical (unpaired) electrons. The Balaban J connectivity index is 1.90. The van der Waals surface area contributed by atoms with E-state index in [9.17, 15) is 19.9 Å². The van der Waals surface area contributed by atoms with Crippen molar-refractivity contribution in [1.29, 1.82) is 0 Å². The number of hydrogen-bond acceptors (Lipinski definition) is 4. The Bertz CT molecular complexity index is 1390. The average molecular weight is 522 g/mol. The summed E-state index contributed by atoms with van der Waals surface area (Å²) in [6.07, 6.45) is 6.43. The van der Waals surface area contributed by atoms with Crippen molar-refractivity contribution in [3.05, 3.63) is 118 Å². The van der Waals surface area contributed by atoms with Crippen molar-refractivity contribution in [2.45, 2.75) is 51.1 Å². The van der Waals surface area contributed by atoms with Crippen molar-refractivity contribution >= 4 is 29.4 Å². The summed E-state index contributed by atoms with van der Waals surface area (Å²) in [6.45, 7) is 1.33. The summed E-state index contributed by atoms with van der Waals surface area (Å²) < 4.78 is 0. The maximum absolute atomic E-state index is 14.1. The summed E-state index contributed by atoms with van der Waals surface area (Å²) in [4.78, 5) is 45.6. The number of carbonyl (C=O) groups is 3. The molecule has 198 valence electrons. The average Bonchev–Trinajstić information content (AvgIpc) is 2.96. The molecule has 3 aromatic carbocycles.